The summed E-state index contributed by atoms with van der Waals surface area (Å²) in [7, 11) is 0. The lowest BCUT2D eigenvalue weighted by Crippen LogP contribution is -2.42. The van der Waals surface area contributed by atoms with Crippen LogP contribution in [0.1, 0.15) is 68.2 Å². The van der Waals surface area contributed by atoms with Gasteiger partial charge in [0.1, 0.15) is 0 Å². The highest BCUT2D eigenvalue weighted by Gasteiger charge is 2.28. The molecule has 0 unspecified atom stereocenters. The Labute approximate surface area is 166 Å². The van der Waals surface area contributed by atoms with Gasteiger partial charge in [-0.05, 0) is 13.8 Å². The third kappa shape index (κ3) is 8.54. The number of nitrogens with one attached hydrogen (secondary N) is 2. The first-order valence-corrected chi connectivity index (χ1v) is 9.27. The van der Waals surface area contributed by atoms with Crippen molar-refractivity contribution in [2.45, 2.75) is 80.3 Å². The predicted octanol–water partition coefficient (Wildman–Crippen LogP) is 2.33. The van der Waals surface area contributed by atoms with E-state index in [1.165, 1.54) is 0 Å². The summed E-state index contributed by atoms with van der Waals surface area (Å²) in [4.78, 5) is 47.6. The number of hydrogen-bond donors (Lipinski definition) is 4. The number of amides is 2. The SMILES string of the molecule is C[C@H](CC(C(=O)O)=C(C[C@@H](C)NC(=O)C(C)(C)C)C(=O)O)NC(=O)C(C)(C)C. The monoisotopic (exact) mass is 398 g/mol. The van der Waals surface area contributed by atoms with Crippen LogP contribution in [0.4, 0.5) is 0 Å². The van der Waals surface area contributed by atoms with Crippen molar-refractivity contribution in [3.63, 3.8) is 0 Å². The maximum absolute atomic E-state index is 12.1. The third-order valence-electron chi connectivity index (χ3n) is 4.02. The van der Waals surface area contributed by atoms with E-state index in [-0.39, 0.29) is 35.8 Å². The Balaban J connectivity index is 5.53. The van der Waals surface area contributed by atoms with Gasteiger partial charge in [0, 0.05) is 46.9 Å². The Kier molecular flexibility index (Phi) is 8.88. The highest BCUT2D eigenvalue weighted by molar-refractivity contribution is 5.99. The minimum atomic E-state index is -1.36. The summed E-state index contributed by atoms with van der Waals surface area (Å²) in [5.74, 6) is -3.23. The fraction of sp³-hybridized carbons (Fsp3) is 0.700. The van der Waals surface area contributed by atoms with Crippen LogP contribution in [0.25, 0.3) is 0 Å². The maximum Gasteiger partial charge on any atom is 0.332 e. The summed E-state index contributed by atoms with van der Waals surface area (Å²) in [6, 6.07) is -1.13. The van der Waals surface area contributed by atoms with Crippen molar-refractivity contribution in [2.75, 3.05) is 0 Å². The van der Waals surface area contributed by atoms with Crippen LogP contribution >= 0.6 is 0 Å². The zero-order valence-electron chi connectivity index (χ0n) is 18.1. The molecule has 28 heavy (non-hydrogen) atoms. The molecule has 4 N–H and O–H groups in total. The highest BCUT2D eigenvalue weighted by atomic mass is 16.4. The Morgan fingerprint density at radius 2 is 0.929 bits per heavy atom. The smallest absolute Gasteiger partial charge is 0.332 e. The standard InChI is InChI=1S/C20H34N2O6/c1-11(21-17(27)19(3,4)5)9-13(15(23)24)14(16(25)26)10-12(2)22-18(28)20(6,7)8/h11-12H,9-10H2,1-8H3,(H,21,27)(H,22,28)(H,23,24)(H,25,26)/t11-,12-/m1/s1. The van der Waals surface area contributed by atoms with Gasteiger partial charge in [-0.25, -0.2) is 9.59 Å². The quantitative estimate of drug-likeness (QED) is 0.464. The molecule has 0 aromatic heterocycles. The van der Waals surface area contributed by atoms with Gasteiger partial charge < -0.3 is 20.8 Å². The van der Waals surface area contributed by atoms with Crippen LogP contribution in [0.3, 0.4) is 0 Å². The van der Waals surface area contributed by atoms with Crippen LogP contribution in [0.15, 0.2) is 11.1 Å². The van der Waals surface area contributed by atoms with Gasteiger partial charge in [0.2, 0.25) is 11.8 Å². The molecule has 0 bridgehead atoms. The van der Waals surface area contributed by atoms with Crippen LogP contribution in [-0.2, 0) is 19.2 Å². The zero-order chi connectivity index (χ0) is 22.4. The van der Waals surface area contributed by atoms with E-state index in [1.54, 1.807) is 55.4 Å². The second-order valence-corrected chi connectivity index (χ2v) is 9.22. The molecule has 0 spiro atoms. The van der Waals surface area contributed by atoms with Crippen LogP contribution < -0.4 is 10.6 Å². The Morgan fingerprint density at radius 1 is 0.679 bits per heavy atom. The Morgan fingerprint density at radius 3 is 1.11 bits per heavy atom. The van der Waals surface area contributed by atoms with E-state index in [0.717, 1.165) is 0 Å². The highest BCUT2D eigenvalue weighted by Crippen LogP contribution is 2.20. The van der Waals surface area contributed by atoms with E-state index in [9.17, 15) is 29.4 Å². The van der Waals surface area contributed by atoms with E-state index in [1.807, 2.05) is 0 Å². The molecule has 0 aromatic carbocycles. The predicted molar refractivity (Wildman–Crippen MR) is 106 cm³/mol. The van der Waals surface area contributed by atoms with Crippen LogP contribution in [0.2, 0.25) is 0 Å². The van der Waals surface area contributed by atoms with E-state index in [4.69, 9.17) is 0 Å². The lowest BCUT2D eigenvalue weighted by atomic mass is 9.92. The van der Waals surface area contributed by atoms with Crippen LogP contribution in [-0.4, -0.2) is 46.0 Å². The number of carbonyl (C=O) groups is 4. The van der Waals surface area contributed by atoms with Gasteiger partial charge in [0.05, 0.1) is 0 Å². The molecule has 0 saturated carbocycles. The van der Waals surface area contributed by atoms with Crippen molar-refractivity contribution in [3.8, 4) is 0 Å². The lowest BCUT2D eigenvalue weighted by Gasteiger charge is -2.24. The van der Waals surface area contributed by atoms with Crippen molar-refractivity contribution in [3.05, 3.63) is 11.1 Å². The van der Waals surface area contributed by atoms with Gasteiger partial charge in [-0.1, -0.05) is 41.5 Å². The Bertz CT molecular complexity index is 597. The summed E-state index contributed by atoms with van der Waals surface area (Å²) < 4.78 is 0. The molecular formula is C20H34N2O6. The number of carbonyl (C=O) groups excluding carboxylic acids is 2. The van der Waals surface area contributed by atoms with Gasteiger partial charge >= 0.3 is 11.9 Å². The zero-order valence-corrected chi connectivity index (χ0v) is 18.1. The molecule has 0 aliphatic rings. The lowest BCUT2D eigenvalue weighted by molar-refractivity contribution is -0.136. The number of aliphatic carboxylic acids is 2. The molecule has 0 aromatic rings. The molecule has 0 saturated heterocycles. The first-order chi connectivity index (χ1) is 12.5. The van der Waals surface area contributed by atoms with E-state index in [2.05, 4.69) is 10.6 Å². The topological polar surface area (TPSA) is 133 Å². The number of hydrogen-bond acceptors (Lipinski definition) is 4. The average molecular weight is 399 g/mol. The summed E-state index contributed by atoms with van der Waals surface area (Å²) in [6.07, 6.45) is -0.280. The molecule has 0 radical (unpaired) electrons. The summed E-state index contributed by atoms with van der Waals surface area (Å²) in [5.41, 5.74) is -1.87. The van der Waals surface area contributed by atoms with Crippen molar-refractivity contribution < 1.29 is 29.4 Å². The van der Waals surface area contributed by atoms with E-state index < -0.39 is 34.9 Å². The van der Waals surface area contributed by atoms with Gasteiger partial charge in [-0.3, -0.25) is 9.59 Å². The van der Waals surface area contributed by atoms with Gasteiger partial charge in [-0.15, -0.1) is 0 Å². The summed E-state index contributed by atoms with van der Waals surface area (Å²) in [6.45, 7) is 13.6. The minimum absolute atomic E-state index is 0.140. The molecule has 0 fully saturated rings. The molecule has 2 atom stereocenters. The normalized spacial score (nSPS) is 15.1. The molecule has 0 aliphatic carbocycles. The largest absolute Gasteiger partial charge is 0.478 e. The third-order valence-corrected chi connectivity index (χ3v) is 4.02. The van der Waals surface area contributed by atoms with E-state index in [0.29, 0.717) is 0 Å². The molecule has 8 heteroatoms. The summed E-state index contributed by atoms with van der Waals surface area (Å²) >= 11 is 0. The maximum atomic E-state index is 12.1. The van der Waals surface area contributed by atoms with Gasteiger partial charge in [0.25, 0.3) is 0 Å². The molecule has 160 valence electrons. The summed E-state index contributed by atoms with van der Waals surface area (Å²) in [5, 5.41) is 24.5. The molecule has 0 rings (SSSR count). The Hall–Kier alpha value is -2.38. The number of carboxylic acid groups (broad SMARTS) is 2. The number of rotatable bonds is 8. The first kappa shape index (κ1) is 25.6. The van der Waals surface area contributed by atoms with Crippen molar-refractivity contribution in [2.24, 2.45) is 10.8 Å². The van der Waals surface area contributed by atoms with Crippen molar-refractivity contribution in [1.29, 1.82) is 0 Å². The second-order valence-electron chi connectivity index (χ2n) is 9.22. The molecule has 2 amide bonds. The van der Waals surface area contributed by atoms with Gasteiger partial charge in [0.15, 0.2) is 0 Å². The molecular weight excluding hydrogens is 364 g/mol. The first-order valence-electron chi connectivity index (χ1n) is 9.27. The second kappa shape index (κ2) is 9.71. The van der Waals surface area contributed by atoms with Gasteiger partial charge in [-0.2, -0.15) is 0 Å². The minimum Gasteiger partial charge on any atom is -0.478 e. The average Bonchev–Trinajstić information content (AvgIpc) is 2.48. The molecule has 0 aliphatic heterocycles. The fourth-order valence-corrected chi connectivity index (χ4v) is 2.27. The molecule has 0 heterocycles. The van der Waals surface area contributed by atoms with Crippen LogP contribution in [0, 0.1) is 10.8 Å². The van der Waals surface area contributed by atoms with Crippen molar-refractivity contribution in [1.82, 2.24) is 10.6 Å². The van der Waals surface area contributed by atoms with Crippen LogP contribution in [0.5, 0.6) is 0 Å². The van der Waals surface area contributed by atoms with E-state index >= 15 is 0 Å². The van der Waals surface area contributed by atoms with Crippen molar-refractivity contribution >= 4 is 23.8 Å². The fourth-order valence-electron chi connectivity index (χ4n) is 2.27. The molecule has 8 nitrogen and oxygen atoms in total. The number of carboxylic acids is 2.